The number of allylic oxidation sites excluding steroid dienone is 1. The van der Waals surface area contributed by atoms with Gasteiger partial charge in [-0.1, -0.05) is 51.1 Å². The maximum atomic E-state index is 5.89. The highest BCUT2D eigenvalue weighted by Gasteiger charge is 2.14. The molecule has 26 heavy (non-hydrogen) atoms. The molecule has 2 heteroatoms. The van der Waals surface area contributed by atoms with Crippen molar-refractivity contribution in [3.8, 4) is 11.5 Å². The van der Waals surface area contributed by atoms with Gasteiger partial charge in [-0.15, -0.1) is 0 Å². The summed E-state index contributed by atoms with van der Waals surface area (Å²) in [5.41, 5.74) is 5.12. The molecular weight excluding hydrogens is 320 g/mol. The van der Waals surface area contributed by atoms with E-state index in [0.29, 0.717) is 18.4 Å². The number of ether oxygens (including phenoxy) is 2. The first-order valence-corrected chi connectivity index (χ1v) is 9.33. The van der Waals surface area contributed by atoms with Gasteiger partial charge in [0.05, 0.1) is 7.11 Å². The van der Waals surface area contributed by atoms with Crippen LogP contribution in [0, 0.1) is 11.8 Å². The van der Waals surface area contributed by atoms with Crippen LogP contribution in [0.2, 0.25) is 0 Å². The number of benzene rings is 2. The Hall–Kier alpha value is -2.48. The lowest BCUT2D eigenvalue weighted by Crippen LogP contribution is -2.11. The molecule has 2 aromatic rings. The maximum Gasteiger partial charge on any atom is 0.127 e. The fourth-order valence-electron chi connectivity index (χ4n) is 3.14. The molecule has 0 saturated carbocycles. The van der Waals surface area contributed by atoms with Gasteiger partial charge < -0.3 is 9.47 Å². The smallest absolute Gasteiger partial charge is 0.127 e. The summed E-state index contributed by atoms with van der Waals surface area (Å²) < 4.78 is 11.1. The molecule has 0 aliphatic carbocycles. The summed E-state index contributed by atoms with van der Waals surface area (Å²) in [7, 11) is 1.69. The highest BCUT2D eigenvalue weighted by atomic mass is 16.5. The highest BCUT2D eigenvalue weighted by molar-refractivity contribution is 5.63. The van der Waals surface area contributed by atoms with Gasteiger partial charge in [-0.2, -0.15) is 0 Å². The van der Waals surface area contributed by atoms with E-state index in [2.05, 4.69) is 69.3 Å². The molecule has 1 aliphatic heterocycles. The Labute approximate surface area is 157 Å². The van der Waals surface area contributed by atoms with Gasteiger partial charge in [-0.05, 0) is 65.3 Å². The predicted octanol–water partition coefficient (Wildman–Crippen LogP) is 6.02. The molecule has 0 amide bonds. The van der Waals surface area contributed by atoms with Crippen LogP contribution in [0.3, 0.4) is 0 Å². The van der Waals surface area contributed by atoms with Crippen molar-refractivity contribution in [1.82, 2.24) is 0 Å². The Bertz CT molecular complexity index is 797. The Kier molecular flexibility index (Phi) is 5.82. The molecular formula is C24H28O2. The molecule has 1 heterocycles. The van der Waals surface area contributed by atoms with E-state index in [1.165, 1.54) is 22.3 Å². The van der Waals surface area contributed by atoms with E-state index in [0.717, 1.165) is 17.9 Å². The molecule has 0 N–H and O–H groups in total. The fourth-order valence-corrected chi connectivity index (χ4v) is 3.14. The van der Waals surface area contributed by atoms with Crippen LogP contribution in [0.5, 0.6) is 11.5 Å². The first-order chi connectivity index (χ1) is 12.5. The standard InChI is InChI=1S/C24H28O2/c1-17(2)22-15-21-14-20(9-12-24(21)26-16-22)13-18(3)5-6-19-7-10-23(25-4)11-8-19/h5-12,14-15,17-18H,13,16H2,1-4H3/b6-5+. The van der Waals surface area contributed by atoms with Crippen molar-refractivity contribution in [2.75, 3.05) is 13.7 Å². The van der Waals surface area contributed by atoms with Crippen LogP contribution in [0.1, 0.15) is 37.5 Å². The van der Waals surface area contributed by atoms with Gasteiger partial charge in [-0.3, -0.25) is 0 Å². The van der Waals surface area contributed by atoms with E-state index in [9.17, 15) is 0 Å². The van der Waals surface area contributed by atoms with Crippen LogP contribution in [0.15, 0.2) is 54.1 Å². The zero-order valence-electron chi connectivity index (χ0n) is 16.2. The minimum atomic E-state index is 0.466. The van der Waals surface area contributed by atoms with E-state index >= 15 is 0 Å². The minimum Gasteiger partial charge on any atom is -0.497 e. The van der Waals surface area contributed by atoms with Crippen molar-refractivity contribution in [2.45, 2.75) is 27.2 Å². The van der Waals surface area contributed by atoms with Crippen molar-refractivity contribution in [1.29, 1.82) is 0 Å². The summed E-state index contributed by atoms with van der Waals surface area (Å²) in [6.07, 6.45) is 7.77. The van der Waals surface area contributed by atoms with Crippen LogP contribution >= 0.6 is 0 Å². The molecule has 0 radical (unpaired) electrons. The number of hydrogen-bond donors (Lipinski definition) is 0. The third-order valence-corrected chi connectivity index (χ3v) is 4.84. The van der Waals surface area contributed by atoms with Crippen molar-refractivity contribution >= 4 is 12.2 Å². The van der Waals surface area contributed by atoms with Crippen molar-refractivity contribution in [3.63, 3.8) is 0 Å². The first-order valence-electron chi connectivity index (χ1n) is 9.33. The second-order valence-corrected chi connectivity index (χ2v) is 7.35. The molecule has 0 fully saturated rings. The number of methoxy groups -OCH3 is 1. The van der Waals surface area contributed by atoms with Gasteiger partial charge in [-0.25, -0.2) is 0 Å². The van der Waals surface area contributed by atoms with Crippen molar-refractivity contribution < 1.29 is 9.47 Å². The quantitative estimate of drug-likeness (QED) is 0.635. The van der Waals surface area contributed by atoms with Crippen molar-refractivity contribution in [3.05, 3.63) is 70.8 Å². The molecule has 2 aromatic carbocycles. The van der Waals surface area contributed by atoms with Crippen LogP contribution in [0.25, 0.3) is 12.2 Å². The van der Waals surface area contributed by atoms with Gasteiger partial charge >= 0.3 is 0 Å². The van der Waals surface area contributed by atoms with E-state index in [-0.39, 0.29) is 0 Å². The number of fused-ring (bicyclic) bond motifs is 1. The molecule has 1 aliphatic rings. The molecule has 1 unspecified atom stereocenters. The van der Waals surface area contributed by atoms with Crippen LogP contribution in [-0.4, -0.2) is 13.7 Å². The second-order valence-electron chi connectivity index (χ2n) is 7.35. The Morgan fingerprint density at radius 2 is 1.85 bits per heavy atom. The average Bonchev–Trinajstić information content (AvgIpc) is 2.66. The molecule has 0 aromatic heterocycles. The van der Waals surface area contributed by atoms with Crippen molar-refractivity contribution in [2.24, 2.45) is 11.8 Å². The third kappa shape index (κ3) is 4.57. The normalized spacial score (nSPS) is 14.7. The number of rotatable bonds is 6. The zero-order chi connectivity index (χ0) is 18.5. The van der Waals surface area contributed by atoms with Crippen LogP contribution in [0.4, 0.5) is 0 Å². The van der Waals surface area contributed by atoms with Crippen LogP contribution in [-0.2, 0) is 6.42 Å². The summed E-state index contributed by atoms with van der Waals surface area (Å²) in [6, 6.07) is 14.7. The topological polar surface area (TPSA) is 18.5 Å². The summed E-state index contributed by atoms with van der Waals surface area (Å²) in [4.78, 5) is 0. The molecule has 2 nitrogen and oxygen atoms in total. The summed E-state index contributed by atoms with van der Waals surface area (Å²) >= 11 is 0. The lowest BCUT2D eigenvalue weighted by atomic mass is 9.94. The Morgan fingerprint density at radius 3 is 2.54 bits per heavy atom. The molecule has 1 atom stereocenters. The lowest BCUT2D eigenvalue weighted by Gasteiger charge is -2.21. The molecule has 0 saturated heterocycles. The average molecular weight is 348 g/mol. The largest absolute Gasteiger partial charge is 0.497 e. The monoisotopic (exact) mass is 348 g/mol. The van der Waals surface area contributed by atoms with Gasteiger partial charge in [0.2, 0.25) is 0 Å². The molecule has 136 valence electrons. The number of hydrogen-bond acceptors (Lipinski definition) is 2. The van der Waals surface area contributed by atoms with Gasteiger partial charge in [0, 0.05) is 5.56 Å². The molecule has 0 spiro atoms. The van der Waals surface area contributed by atoms with Crippen LogP contribution < -0.4 is 9.47 Å². The van der Waals surface area contributed by atoms with E-state index in [1.54, 1.807) is 7.11 Å². The molecule has 3 rings (SSSR count). The SMILES string of the molecule is COc1ccc(/C=C/C(C)Cc2ccc3c(c2)C=C(C(C)C)CO3)cc1. The van der Waals surface area contributed by atoms with Gasteiger partial charge in [0.15, 0.2) is 0 Å². The minimum absolute atomic E-state index is 0.466. The van der Waals surface area contributed by atoms with E-state index in [4.69, 9.17) is 9.47 Å². The van der Waals surface area contributed by atoms with Gasteiger partial charge in [0.25, 0.3) is 0 Å². The fraction of sp³-hybridized carbons (Fsp3) is 0.333. The lowest BCUT2D eigenvalue weighted by molar-refractivity contribution is 0.334. The third-order valence-electron chi connectivity index (χ3n) is 4.84. The predicted molar refractivity (Wildman–Crippen MR) is 110 cm³/mol. The zero-order valence-corrected chi connectivity index (χ0v) is 16.2. The summed E-state index contributed by atoms with van der Waals surface area (Å²) in [5, 5.41) is 0. The summed E-state index contributed by atoms with van der Waals surface area (Å²) in [5.74, 6) is 2.88. The Morgan fingerprint density at radius 1 is 1.08 bits per heavy atom. The maximum absolute atomic E-state index is 5.89. The Balaban J connectivity index is 1.67. The first kappa shape index (κ1) is 18.3. The summed E-state index contributed by atoms with van der Waals surface area (Å²) in [6.45, 7) is 7.41. The second kappa shape index (κ2) is 8.27. The van der Waals surface area contributed by atoms with E-state index < -0.39 is 0 Å². The molecule has 0 bridgehead atoms. The van der Waals surface area contributed by atoms with Gasteiger partial charge in [0.1, 0.15) is 18.1 Å². The van der Waals surface area contributed by atoms with E-state index in [1.807, 2.05) is 12.1 Å². The highest BCUT2D eigenvalue weighted by Crippen LogP contribution is 2.30.